The van der Waals surface area contributed by atoms with Crippen LogP contribution >= 0.6 is 0 Å². The van der Waals surface area contributed by atoms with Crippen LogP contribution in [-0.4, -0.2) is 83.0 Å². The number of carboxylic acids is 1. The molecule has 0 aromatic heterocycles. The number of nitro benzene ring substituents is 1. The average Bonchev–Trinajstić information content (AvgIpc) is 3.31. The maximum absolute atomic E-state index is 13.4. The lowest BCUT2D eigenvalue weighted by Crippen LogP contribution is -2.49. The number of hydrogen-bond donors (Lipinski definition) is 7. The third-order valence-electron chi connectivity index (χ3n) is 9.91. The second-order valence-corrected chi connectivity index (χ2v) is 15.1. The predicted octanol–water partition coefficient (Wildman–Crippen LogP) is 5.29. The number of unbranched alkanes of at least 4 members (excludes halogenated alkanes) is 3. The lowest BCUT2D eigenvalue weighted by molar-refractivity contribution is -0.384. The summed E-state index contributed by atoms with van der Waals surface area (Å²) in [5.41, 5.74) is 2.21. The van der Waals surface area contributed by atoms with Gasteiger partial charge in [0.05, 0.1) is 11.3 Å². The first kappa shape index (κ1) is 50.8. The summed E-state index contributed by atoms with van der Waals surface area (Å²) in [5, 5.41) is 36.4. The topological polar surface area (TPSA) is 274 Å². The quantitative estimate of drug-likeness (QED) is 0.0229. The van der Waals surface area contributed by atoms with Crippen LogP contribution in [0, 0.1) is 10.1 Å². The van der Waals surface area contributed by atoms with Crippen molar-refractivity contribution in [3.63, 3.8) is 0 Å². The number of ether oxygens (including phenoxy) is 2. The molecule has 4 rings (SSSR count). The highest BCUT2D eigenvalue weighted by atomic mass is 16.6. The molecule has 0 heterocycles. The Morgan fingerprint density at radius 3 is 1.70 bits per heavy atom. The standard InChI is InChI=1S/C47H55N7O12/c55-41(51-39(44(58)50-36-23-25-37(26-24-36)54(63)64)30-42(56)52-40(45(59)60)29-33-15-5-1-6-16-33)22-11-4-13-27-48-43(57)38(53-47(62)66-32-35-19-9-3-10-20-35)21-12-14-28-49-46(61)65-31-34-17-7-2-8-18-34/h1-3,5-10,15-20,23-26,38-40H,4,11-14,21-22,27-32H2,(H,48,57)(H,49,61)(H,50,58)(H,51,55)(H,52,56)(H,53,62)(H,59,60). The van der Waals surface area contributed by atoms with E-state index in [0.717, 1.165) is 11.1 Å². The molecule has 0 bridgehead atoms. The van der Waals surface area contributed by atoms with Gasteiger partial charge in [0.1, 0.15) is 31.3 Å². The van der Waals surface area contributed by atoms with Crippen LogP contribution in [-0.2, 0) is 53.1 Å². The first-order valence-corrected chi connectivity index (χ1v) is 21.5. The number of rotatable bonds is 27. The summed E-state index contributed by atoms with van der Waals surface area (Å²) < 4.78 is 10.6. The second-order valence-electron chi connectivity index (χ2n) is 15.1. The smallest absolute Gasteiger partial charge is 0.408 e. The number of aliphatic carboxylic acids is 1. The first-order chi connectivity index (χ1) is 31.9. The van der Waals surface area contributed by atoms with Crippen LogP contribution in [0.15, 0.2) is 115 Å². The van der Waals surface area contributed by atoms with Gasteiger partial charge in [-0.2, -0.15) is 0 Å². The lowest BCUT2D eigenvalue weighted by Gasteiger charge is -2.20. The van der Waals surface area contributed by atoms with Gasteiger partial charge < -0.3 is 46.5 Å². The van der Waals surface area contributed by atoms with Crippen LogP contribution in [0.3, 0.4) is 0 Å². The molecule has 350 valence electrons. The number of benzene rings is 4. The number of nitrogens with zero attached hydrogens (tertiary/aromatic N) is 1. The van der Waals surface area contributed by atoms with Gasteiger partial charge in [-0.15, -0.1) is 0 Å². The number of carbonyl (C=O) groups excluding carboxylic acids is 6. The molecule has 0 aliphatic carbocycles. The van der Waals surface area contributed by atoms with Crippen molar-refractivity contribution in [1.82, 2.24) is 26.6 Å². The average molecular weight is 910 g/mol. The number of carbonyl (C=O) groups is 7. The molecule has 3 unspecified atom stereocenters. The number of anilines is 1. The Kier molecular flexibility index (Phi) is 21.6. The molecule has 6 amide bonds. The number of amides is 6. The Morgan fingerprint density at radius 1 is 0.561 bits per heavy atom. The van der Waals surface area contributed by atoms with E-state index in [1.54, 1.807) is 42.5 Å². The number of alkyl carbamates (subject to hydrolysis) is 2. The van der Waals surface area contributed by atoms with E-state index >= 15 is 0 Å². The van der Waals surface area contributed by atoms with E-state index in [2.05, 4.69) is 31.9 Å². The largest absolute Gasteiger partial charge is 0.480 e. The minimum atomic E-state index is -1.44. The van der Waals surface area contributed by atoms with Crippen molar-refractivity contribution in [3.8, 4) is 0 Å². The summed E-state index contributed by atoms with van der Waals surface area (Å²) in [6.07, 6.45) is 0.397. The maximum Gasteiger partial charge on any atom is 0.408 e. The van der Waals surface area contributed by atoms with Gasteiger partial charge in [-0.25, -0.2) is 14.4 Å². The summed E-state index contributed by atoms with van der Waals surface area (Å²) in [7, 11) is 0. The normalized spacial score (nSPS) is 11.9. The molecule has 0 spiro atoms. The minimum Gasteiger partial charge on any atom is -0.480 e. The summed E-state index contributed by atoms with van der Waals surface area (Å²) in [4.78, 5) is 100. The van der Waals surface area contributed by atoms with Gasteiger partial charge in [-0.1, -0.05) is 97.4 Å². The Bertz CT molecular complexity index is 2200. The number of hydrogen-bond acceptors (Lipinski definition) is 11. The molecule has 0 radical (unpaired) electrons. The highest BCUT2D eigenvalue weighted by molar-refractivity contribution is 6.00. The molecule has 4 aromatic carbocycles. The van der Waals surface area contributed by atoms with Crippen LogP contribution in [0.2, 0.25) is 0 Å². The summed E-state index contributed by atoms with van der Waals surface area (Å²) in [6.45, 7) is 0.618. The molecule has 19 nitrogen and oxygen atoms in total. The molecular formula is C47H55N7O12. The number of carboxylic acid groups (broad SMARTS) is 1. The SMILES string of the molecule is O=C(CC(NC(=O)CCCCCNC(=O)C(CCCCNC(=O)OCc1ccccc1)NC(=O)OCc1ccccc1)C(=O)Nc1ccc([N+](=O)[O-])cc1)NC(Cc1ccccc1)C(=O)O. The van der Waals surface area contributed by atoms with Gasteiger partial charge in [0.2, 0.25) is 23.6 Å². The van der Waals surface area contributed by atoms with Crippen molar-refractivity contribution in [1.29, 1.82) is 0 Å². The van der Waals surface area contributed by atoms with Crippen molar-refractivity contribution >= 4 is 53.2 Å². The van der Waals surface area contributed by atoms with E-state index in [9.17, 15) is 48.8 Å². The van der Waals surface area contributed by atoms with Crippen molar-refractivity contribution < 1.29 is 53.1 Å². The van der Waals surface area contributed by atoms with E-state index < -0.39 is 71.3 Å². The Labute approximate surface area is 381 Å². The molecule has 7 N–H and O–H groups in total. The molecule has 19 heteroatoms. The minimum absolute atomic E-state index is 0.00193. The van der Waals surface area contributed by atoms with Gasteiger partial charge in [-0.3, -0.25) is 29.3 Å². The number of nitro groups is 1. The van der Waals surface area contributed by atoms with Gasteiger partial charge in [-0.05, 0) is 60.9 Å². The van der Waals surface area contributed by atoms with Crippen molar-refractivity contribution in [2.24, 2.45) is 0 Å². The zero-order valence-electron chi connectivity index (χ0n) is 36.3. The fourth-order valence-electron chi connectivity index (χ4n) is 6.40. The fraction of sp³-hybridized carbons (Fsp3) is 0.340. The Hall–Kier alpha value is -7.83. The van der Waals surface area contributed by atoms with Crippen LogP contribution in [0.4, 0.5) is 21.0 Å². The highest BCUT2D eigenvalue weighted by Gasteiger charge is 2.28. The van der Waals surface area contributed by atoms with Gasteiger partial charge in [0.15, 0.2) is 0 Å². The monoisotopic (exact) mass is 909 g/mol. The van der Waals surface area contributed by atoms with Crippen LogP contribution in [0.1, 0.15) is 68.1 Å². The molecule has 0 fully saturated rings. The van der Waals surface area contributed by atoms with E-state index in [1.807, 2.05) is 48.5 Å². The zero-order valence-corrected chi connectivity index (χ0v) is 36.3. The van der Waals surface area contributed by atoms with E-state index in [-0.39, 0.29) is 56.9 Å². The molecule has 66 heavy (non-hydrogen) atoms. The molecule has 3 atom stereocenters. The van der Waals surface area contributed by atoms with E-state index in [0.29, 0.717) is 37.7 Å². The van der Waals surface area contributed by atoms with Gasteiger partial charge in [0, 0.05) is 43.8 Å². The number of non-ortho nitro benzene ring substituents is 1. The molecule has 4 aromatic rings. The third-order valence-corrected chi connectivity index (χ3v) is 9.91. The van der Waals surface area contributed by atoms with Crippen molar-refractivity contribution in [2.45, 2.75) is 89.1 Å². The molecule has 0 aliphatic rings. The van der Waals surface area contributed by atoms with E-state index in [4.69, 9.17) is 9.47 Å². The molecule has 0 saturated carbocycles. The molecule has 0 saturated heterocycles. The summed E-state index contributed by atoms with van der Waals surface area (Å²) in [5.74, 6) is -3.95. The van der Waals surface area contributed by atoms with Gasteiger partial charge >= 0.3 is 18.2 Å². The molecular weight excluding hydrogens is 855 g/mol. The Morgan fingerprint density at radius 2 is 1.11 bits per heavy atom. The number of nitrogens with one attached hydrogen (secondary N) is 6. The van der Waals surface area contributed by atoms with Crippen LogP contribution in [0.5, 0.6) is 0 Å². The Balaban J connectivity index is 1.25. The van der Waals surface area contributed by atoms with Crippen LogP contribution < -0.4 is 31.9 Å². The maximum atomic E-state index is 13.4. The fourth-order valence-corrected chi connectivity index (χ4v) is 6.40. The highest BCUT2D eigenvalue weighted by Crippen LogP contribution is 2.16. The summed E-state index contributed by atoms with van der Waals surface area (Å²) in [6, 6.07) is 28.1. The molecule has 0 aliphatic heterocycles. The van der Waals surface area contributed by atoms with Gasteiger partial charge in [0.25, 0.3) is 5.69 Å². The van der Waals surface area contributed by atoms with Crippen molar-refractivity contribution in [3.05, 3.63) is 142 Å². The summed E-state index contributed by atoms with van der Waals surface area (Å²) >= 11 is 0. The third kappa shape index (κ3) is 19.7. The zero-order chi connectivity index (χ0) is 47.5. The predicted molar refractivity (Wildman–Crippen MR) is 241 cm³/mol. The van der Waals surface area contributed by atoms with E-state index in [1.165, 1.54) is 24.3 Å². The second kappa shape index (κ2) is 28.1. The van der Waals surface area contributed by atoms with Crippen molar-refractivity contribution in [2.75, 3.05) is 18.4 Å². The lowest BCUT2D eigenvalue weighted by atomic mass is 10.1. The first-order valence-electron chi connectivity index (χ1n) is 21.5. The van der Waals surface area contributed by atoms with Crippen LogP contribution in [0.25, 0.3) is 0 Å².